The summed E-state index contributed by atoms with van der Waals surface area (Å²) in [5, 5.41) is 0. The second kappa shape index (κ2) is 6.02. The van der Waals surface area contributed by atoms with Crippen LogP contribution in [0.25, 0.3) is 0 Å². The largest absolute Gasteiger partial charge is 0.337 e. The van der Waals surface area contributed by atoms with Crippen LogP contribution >= 0.6 is 0 Å². The zero-order valence-corrected chi connectivity index (χ0v) is 11.6. The number of nitrogen functional groups attached to an aromatic ring is 1. The van der Waals surface area contributed by atoms with Crippen LogP contribution in [0.4, 0.5) is 5.82 Å². The summed E-state index contributed by atoms with van der Waals surface area (Å²) >= 11 is 0. The van der Waals surface area contributed by atoms with E-state index in [1.165, 1.54) is 0 Å². The number of hydrazine groups is 1. The maximum absolute atomic E-state index is 12.3. The van der Waals surface area contributed by atoms with E-state index in [9.17, 15) is 4.79 Å². The Kier molecular flexibility index (Phi) is 4.37. The van der Waals surface area contributed by atoms with E-state index in [0.717, 1.165) is 31.8 Å². The molecule has 5 heteroatoms. The highest BCUT2D eigenvalue weighted by atomic mass is 16.2. The second-order valence-corrected chi connectivity index (χ2v) is 5.43. The zero-order chi connectivity index (χ0) is 13.8. The highest BCUT2D eigenvalue weighted by Crippen LogP contribution is 2.25. The van der Waals surface area contributed by atoms with Crippen LogP contribution in [0.1, 0.15) is 37.2 Å². The van der Waals surface area contributed by atoms with Gasteiger partial charge in [0.05, 0.1) is 0 Å². The SMILES string of the molecule is CC(C)C1CCN(C(=O)c2cccc(NN)n2)CC1. The average Bonchev–Trinajstić information content (AvgIpc) is 2.46. The smallest absolute Gasteiger partial charge is 0.272 e. The third-order valence-corrected chi connectivity index (χ3v) is 3.89. The first-order valence-corrected chi connectivity index (χ1v) is 6.84. The number of anilines is 1. The molecule has 0 unspecified atom stereocenters. The quantitative estimate of drug-likeness (QED) is 0.644. The van der Waals surface area contributed by atoms with Crippen molar-refractivity contribution in [1.82, 2.24) is 9.88 Å². The van der Waals surface area contributed by atoms with Crippen molar-refractivity contribution in [2.24, 2.45) is 17.7 Å². The molecule has 19 heavy (non-hydrogen) atoms. The van der Waals surface area contributed by atoms with Crippen molar-refractivity contribution in [3.63, 3.8) is 0 Å². The van der Waals surface area contributed by atoms with Gasteiger partial charge in [0.25, 0.3) is 5.91 Å². The van der Waals surface area contributed by atoms with Gasteiger partial charge in [0.15, 0.2) is 0 Å². The monoisotopic (exact) mass is 262 g/mol. The number of nitrogens with two attached hydrogens (primary N) is 1. The van der Waals surface area contributed by atoms with E-state index >= 15 is 0 Å². The summed E-state index contributed by atoms with van der Waals surface area (Å²) in [6, 6.07) is 5.26. The third-order valence-electron chi connectivity index (χ3n) is 3.89. The molecule has 1 aromatic heterocycles. The molecular formula is C14H22N4O. The predicted molar refractivity (Wildman–Crippen MR) is 75.5 cm³/mol. The molecule has 1 amide bonds. The summed E-state index contributed by atoms with van der Waals surface area (Å²) in [5.74, 6) is 7.25. The highest BCUT2D eigenvalue weighted by Gasteiger charge is 2.25. The van der Waals surface area contributed by atoms with Crippen LogP contribution in [0.5, 0.6) is 0 Å². The first-order valence-electron chi connectivity index (χ1n) is 6.84. The topological polar surface area (TPSA) is 71.2 Å². The molecular weight excluding hydrogens is 240 g/mol. The molecule has 0 atom stereocenters. The molecule has 1 saturated heterocycles. The molecule has 1 fully saturated rings. The van der Waals surface area contributed by atoms with Crippen molar-refractivity contribution < 1.29 is 4.79 Å². The molecule has 2 rings (SSSR count). The van der Waals surface area contributed by atoms with E-state index in [-0.39, 0.29) is 5.91 Å². The van der Waals surface area contributed by atoms with Crippen molar-refractivity contribution in [1.29, 1.82) is 0 Å². The highest BCUT2D eigenvalue weighted by molar-refractivity contribution is 5.92. The molecule has 3 N–H and O–H groups in total. The lowest BCUT2D eigenvalue weighted by atomic mass is 9.86. The van der Waals surface area contributed by atoms with Crippen LogP contribution in [0.15, 0.2) is 18.2 Å². The number of likely N-dealkylation sites (tertiary alicyclic amines) is 1. The summed E-state index contributed by atoms with van der Waals surface area (Å²) < 4.78 is 0. The van der Waals surface area contributed by atoms with Gasteiger partial charge in [-0.2, -0.15) is 0 Å². The average molecular weight is 262 g/mol. The van der Waals surface area contributed by atoms with E-state index < -0.39 is 0 Å². The Labute approximate surface area is 114 Å². The van der Waals surface area contributed by atoms with Crippen LogP contribution < -0.4 is 11.3 Å². The molecule has 0 saturated carbocycles. The number of aromatic nitrogens is 1. The Bertz CT molecular complexity index is 439. The minimum atomic E-state index is -0.000642. The molecule has 0 bridgehead atoms. The molecule has 1 aromatic rings. The molecule has 1 aliphatic heterocycles. The van der Waals surface area contributed by atoms with Gasteiger partial charge in [0.1, 0.15) is 11.5 Å². The lowest BCUT2D eigenvalue weighted by molar-refractivity contribution is 0.0662. The first-order chi connectivity index (χ1) is 9.11. The minimum absolute atomic E-state index is 0.000642. The number of nitrogens with zero attached hydrogens (tertiary/aromatic N) is 2. The van der Waals surface area contributed by atoms with Gasteiger partial charge in [-0.3, -0.25) is 4.79 Å². The number of hydrogen-bond donors (Lipinski definition) is 2. The number of rotatable bonds is 3. The van der Waals surface area contributed by atoms with E-state index in [1.807, 2.05) is 4.90 Å². The number of hydrogen-bond acceptors (Lipinski definition) is 4. The van der Waals surface area contributed by atoms with Gasteiger partial charge < -0.3 is 10.3 Å². The third kappa shape index (κ3) is 3.23. The summed E-state index contributed by atoms with van der Waals surface area (Å²) in [4.78, 5) is 18.4. The van der Waals surface area contributed by atoms with Gasteiger partial charge in [-0.1, -0.05) is 19.9 Å². The zero-order valence-electron chi connectivity index (χ0n) is 11.6. The first kappa shape index (κ1) is 13.8. The second-order valence-electron chi connectivity index (χ2n) is 5.43. The number of nitrogens with one attached hydrogen (secondary N) is 1. The van der Waals surface area contributed by atoms with E-state index in [0.29, 0.717) is 17.4 Å². The summed E-state index contributed by atoms with van der Waals surface area (Å²) in [6.07, 6.45) is 2.16. The van der Waals surface area contributed by atoms with Crippen LogP contribution in [-0.4, -0.2) is 28.9 Å². The predicted octanol–water partition coefficient (Wildman–Crippen LogP) is 1.88. The van der Waals surface area contributed by atoms with Gasteiger partial charge in [-0.25, -0.2) is 10.8 Å². The number of carbonyl (C=O) groups excluding carboxylic acids is 1. The molecule has 2 heterocycles. The van der Waals surface area contributed by atoms with Crippen molar-refractivity contribution in [2.75, 3.05) is 18.5 Å². The fourth-order valence-electron chi connectivity index (χ4n) is 2.57. The fraction of sp³-hybridized carbons (Fsp3) is 0.571. The standard InChI is InChI=1S/C14H22N4O/c1-10(2)11-6-8-18(9-7-11)14(19)12-4-3-5-13(16-12)17-15/h3-5,10-11H,6-9,15H2,1-2H3,(H,16,17). The minimum Gasteiger partial charge on any atom is -0.337 e. The summed E-state index contributed by atoms with van der Waals surface area (Å²) in [7, 11) is 0. The van der Waals surface area contributed by atoms with Crippen LogP contribution in [0.3, 0.4) is 0 Å². The van der Waals surface area contributed by atoms with Crippen molar-refractivity contribution in [3.05, 3.63) is 23.9 Å². The number of amides is 1. The maximum atomic E-state index is 12.3. The Morgan fingerprint density at radius 3 is 2.68 bits per heavy atom. The lowest BCUT2D eigenvalue weighted by Crippen LogP contribution is -2.39. The van der Waals surface area contributed by atoms with Gasteiger partial charge in [-0.05, 0) is 36.8 Å². The molecule has 0 spiro atoms. The van der Waals surface area contributed by atoms with Crippen LogP contribution in [-0.2, 0) is 0 Å². The lowest BCUT2D eigenvalue weighted by Gasteiger charge is -2.33. The number of pyridine rings is 1. The van der Waals surface area contributed by atoms with E-state index in [4.69, 9.17) is 5.84 Å². The van der Waals surface area contributed by atoms with Crippen molar-refractivity contribution in [2.45, 2.75) is 26.7 Å². The summed E-state index contributed by atoms with van der Waals surface area (Å²) in [6.45, 7) is 6.15. The van der Waals surface area contributed by atoms with Gasteiger partial charge >= 0.3 is 0 Å². The molecule has 104 valence electrons. The molecule has 0 aromatic carbocycles. The molecule has 5 nitrogen and oxygen atoms in total. The summed E-state index contributed by atoms with van der Waals surface area (Å²) in [5.41, 5.74) is 2.92. The maximum Gasteiger partial charge on any atom is 0.272 e. The Hall–Kier alpha value is -1.62. The van der Waals surface area contributed by atoms with Gasteiger partial charge in [0, 0.05) is 13.1 Å². The molecule has 0 radical (unpaired) electrons. The normalized spacial score (nSPS) is 16.7. The van der Waals surface area contributed by atoms with Gasteiger partial charge in [-0.15, -0.1) is 0 Å². The molecule has 1 aliphatic rings. The Balaban J connectivity index is 2.01. The number of carbonyl (C=O) groups is 1. The van der Waals surface area contributed by atoms with Crippen LogP contribution in [0.2, 0.25) is 0 Å². The van der Waals surface area contributed by atoms with E-state index in [2.05, 4.69) is 24.3 Å². The van der Waals surface area contributed by atoms with Gasteiger partial charge in [0.2, 0.25) is 0 Å². The van der Waals surface area contributed by atoms with Crippen molar-refractivity contribution in [3.8, 4) is 0 Å². The Morgan fingerprint density at radius 1 is 1.42 bits per heavy atom. The van der Waals surface area contributed by atoms with Crippen LogP contribution in [0, 0.1) is 11.8 Å². The number of piperidine rings is 1. The van der Waals surface area contributed by atoms with Crippen molar-refractivity contribution >= 4 is 11.7 Å². The van der Waals surface area contributed by atoms with E-state index in [1.54, 1.807) is 18.2 Å². The molecule has 0 aliphatic carbocycles. The Morgan fingerprint density at radius 2 is 2.11 bits per heavy atom. The fourth-order valence-corrected chi connectivity index (χ4v) is 2.57.